The molecule has 0 atom stereocenters. The van der Waals surface area contributed by atoms with Crippen LogP contribution < -0.4 is 30.2 Å². The van der Waals surface area contributed by atoms with Crippen molar-refractivity contribution in [1.29, 1.82) is 0 Å². The molecule has 2 heterocycles. The van der Waals surface area contributed by atoms with Gasteiger partial charge in [-0.15, -0.1) is 0 Å². The first kappa shape index (κ1) is 20.2. The van der Waals surface area contributed by atoms with Crippen LogP contribution in [0.25, 0.3) is 0 Å². The zero-order valence-electron chi connectivity index (χ0n) is 17.3. The molecule has 2 aliphatic heterocycles. The van der Waals surface area contributed by atoms with Gasteiger partial charge in [-0.3, -0.25) is 14.9 Å². The molecule has 166 valence electrons. The first-order valence-corrected chi connectivity index (χ1v) is 10.6. The van der Waals surface area contributed by atoms with Crippen LogP contribution in [-0.2, 0) is 16.2 Å². The molecule has 3 aliphatic rings. The Morgan fingerprint density at radius 2 is 1.91 bits per heavy atom. The fraction of sp³-hybridized carbons (Fsp3) is 0.348. The lowest BCUT2D eigenvalue weighted by atomic mass is 9.76. The number of rotatable bonds is 5. The summed E-state index contributed by atoms with van der Waals surface area (Å²) in [5, 5.41) is 7.97. The van der Waals surface area contributed by atoms with Crippen LogP contribution in [0.2, 0.25) is 0 Å². The summed E-state index contributed by atoms with van der Waals surface area (Å²) in [5.41, 5.74) is 0.738. The van der Waals surface area contributed by atoms with Crippen LogP contribution in [0.15, 0.2) is 42.5 Å². The number of urea groups is 1. The fourth-order valence-electron chi connectivity index (χ4n) is 4.37. The number of nitrogens with one attached hydrogen (secondary N) is 3. The highest BCUT2D eigenvalue weighted by Crippen LogP contribution is 2.36. The van der Waals surface area contributed by atoms with Gasteiger partial charge in [0.2, 0.25) is 12.7 Å². The molecule has 1 spiro atoms. The van der Waals surface area contributed by atoms with E-state index in [0.717, 1.165) is 5.56 Å². The average molecular weight is 437 g/mol. The lowest BCUT2D eigenvalue weighted by molar-refractivity contribution is -0.128. The smallest absolute Gasteiger partial charge is 0.322 e. The minimum atomic E-state index is -0.861. The van der Waals surface area contributed by atoms with Gasteiger partial charge in [-0.05, 0) is 55.5 Å². The molecule has 9 heteroatoms. The van der Waals surface area contributed by atoms with E-state index in [9.17, 15) is 14.4 Å². The van der Waals surface area contributed by atoms with Crippen molar-refractivity contribution in [3.8, 4) is 17.2 Å². The van der Waals surface area contributed by atoms with Gasteiger partial charge in [-0.2, -0.15) is 0 Å². The summed E-state index contributed by atoms with van der Waals surface area (Å²) in [5.74, 6) is 1.44. The molecule has 0 unspecified atom stereocenters. The fourth-order valence-corrected chi connectivity index (χ4v) is 4.37. The number of hydrogen-bond acceptors (Lipinski definition) is 6. The highest BCUT2D eigenvalue weighted by Gasteiger charge is 2.48. The maximum atomic E-state index is 12.8. The maximum absolute atomic E-state index is 12.8. The third kappa shape index (κ3) is 3.93. The van der Waals surface area contributed by atoms with Crippen molar-refractivity contribution in [2.24, 2.45) is 5.92 Å². The van der Waals surface area contributed by atoms with Gasteiger partial charge in [0.25, 0.3) is 5.91 Å². The number of hydrogen-bond donors (Lipinski definition) is 3. The van der Waals surface area contributed by atoms with E-state index in [1.165, 1.54) is 0 Å². The van der Waals surface area contributed by atoms with E-state index in [0.29, 0.717) is 55.2 Å². The molecule has 2 aromatic rings. The van der Waals surface area contributed by atoms with Crippen molar-refractivity contribution in [1.82, 2.24) is 10.6 Å². The quantitative estimate of drug-likeness (QED) is 0.620. The molecule has 5 rings (SSSR count). The largest absolute Gasteiger partial charge is 0.489 e. The van der Waals surface area contributed by atoms with Crippen LogP contribution >= 0.6 is 0 Å². The highest BCUT2D eigenvalue weighted by molar-refractivity contribution is 6.07. The van der Waals surface area contributed by atoms with Gasteiger partial charge in [0.15, 0.2) is 11.5 Å². The van der Waals surface area contributed by atoms with Crippen molar-refractivity contribution < 1.29 is 28.6 Å². The Hall–Kier alpha value is -3.75. The number of imide groups is 1. The van der Waals surface area contributed by atoms with Gasteiger partial charge < -0.3 is 24.8 Å². The number of anilines is 1. The van der Waals surface area contributed by atoms with Crippen LogP contribution in [-0.4, -0.2) is 30.2 Å². The minimum absolute atomic E-state index is 0.0848. The van der Waals surface area contributed by atoms with Gasteiger partial charge in [-0.1, -0.05) is 12.1 Å². The minimum Gasteiger partial charge on any atom is -0.489 e. The molecule has 9 nitrogen and oxygen atoms in total. The third-order valence-electron chi connectivity index (χ3n) is 6.17. The summed E-state index contributed by atoms with van der Waals surface area (Å²) in [4.78, 5) is 36.3. The Balaban J connectivity index is 1.16. The van der Waals surface area contributed by atoms with E-state index in [4.69, 9.17) is 14.2 Å². The van der Waals surface area contributed by atoms with Crippen LogP contribution in [0.5, 0.6) is 17.2 Å². The topological polar surface area (TPSA) is 115 Å². The summed E-state index contributed by atoms with van der Waals surface area (Å²) in [6.07, 6.45) is 1.97. The van der Waals surface area contributed by atoms with Gasteiger partial charge >= 0.3 is 6.03 Å². The number of benzene rings is 2. The standard InChI is InChI=1S/C23H23N3O6/c27-20(15-6-8-23(9-7-15)21(28)25-22(29)26-23)24-16-3-1-2-14(10-16)12-30-17-4-5-18-19(11-17)32-13-31-18/h1-5,10-11,15H,6-9,12-13H2,(H,24,27)(H2,25,26,28,29). The van der Waals surface area contributed by atoms with E-state index >= 15 is 0 Å². The van der Waals surface area contributed by atoms with Crippen LogP contribution in [0.3, 0.4) is 0 Å². The maximum Gasteiger partial charge on any atom is 0.322 e. The molecule has 4 amide bonds. The normalized spacial score (nSPS) is 23.6. The number of ether oxygens (including phenoxy) is 3. The Morgan fingerprint density at radius 1 is 1.09 bits per heavy atom. The SMILES string of the molecule is O=C1NC(=O)C2(CCC(C(=O)Nc3cccc(COc4ccc5c(c4)OCO5)c3)CC2)N1. The van der Waals surface area contributed by atoms with Crippen molar-refractivity contribution in [3.05, 3.63) is 48.0 Å². The molecule has 1 aliphatic carbocycles. The van der Waals surface area contributed by atoms with Gasteiger partial charge in [-0.25, -0.2) is 4.79 Å². The lowest BCUT2D eigenvalue weighted by Gasteiger charge is -2.33. The number of amides is 4. The third-order valence-corrected chi connectivity index (χ3v) is 6.17. The molecule has 0 radical (unpaired) electrons. The Morgan fingerprint density at radius 3 is 2.69 bits per heavy atom. The van der Waals surface area contributed by atoms with Crippen LogP contribution in [0, 0.1) is 5.92 Å². The van der Waals surface area contributed by atoms with Crippen LogP contribution in [0.4, 0.5) is 10.5 Å². The second-order valence-electron chi connectivity index (χ2n) is 8.26. The highest BCUT2D eigenvalue weighted by atomic mass is 16.7. The predicted octanol–water partition coefficient (Wildman–Crippen LogP) is 2.70. The molecule has 32 heavy (non-hydrogen) atoms. The second kappa shape index (κ2) is 8.07. The van der Waals surface area contributed by atoms with E-state index < -0.39 is 11.6 Å². The van der Waals surface area contributed by atoms with Crippen LogP contribution in [0.1, 0.15) is 31.2 Å². The molecule has 1 saturated carbocycles. The van der Waals surface area contributed by atoms with E-state index in [-0.39, 0.29) is 24.5 Å². The predicted molar refractivity (Wildman–Crippen MR) is 113 cm³/mol. The van der Waals surface area contributed by atoms with E-state index in [2.05, 4.69) is 16.0 Å². The van der Waals surface area contributed by atoms with Gasteiger partial charge in [0.1, 0.15) is 17.9 Å². The molecular formula is C23H23N3O6. The average Bonchev–Trinajstić information content (AvgIpc) is 3.36. The molecule has 0 aromatic heterocycles. The Kier molecular flexibility index (Phi) is 5.08. The molecule has 2 fully saturated rings. The Bertz CT molecular complexity index is 1080. The molecule has 3 N–H and O–H groups in total. The first-order chi connectivity index (χ1) is 15.5. The summed E-state index contributed by atoms with van der Waals surface area (Å²) >= 11 is 0. The molecular weight excluding hydrogens is 414 g/mol. The van der Waals surface area contributed by atoms with E-state index in [1.54, 1.807) is 6.07 Å². The monoisotopic (exact) mass is 437 g/mol. The molecule has 0 bridgehead atoms. The first-order valence-electron chi connectivity index (χ1n) is 10.6. The summed E-state index contributed by atoms with van der Waals surface area (Å²) in [6, 6.07) is 12.5. The van der Waals surface area contributed by atoms with Gasteiger partial charge in [0.05, 0.1) is 0 Å². The van der Waals surface area contributed by atoms with Crippen molar-refractivity contribution in [2.45, 2.75) is 37.8 Å². The van der Waals surface area contributed by atoms with Crippen molar-refractivity contribution >= 4 is 23.5 Å². The number of fused-ring (bicyclic) bond motifs is 1. The van der Waals surface area contributed by atoms with E-state index in [1.807, 2.05) is 36.4 Å². The second-order valence-corrected chi connectivity index (χ2v) is 8.26. The number of carbonyl (C=O) groups excluding carboxylic acids is 3. The zero-order chi connectivity index (χ0) is 22.1. The lowest BCUT2D eigenvalue weighted by Crippen LogP contribution is -2.50. The summed E-state index contributed by atoms with van der Waals surface area (Å²) in [7, 11) is 0. The summed E-state index contributed by atoms with van der Waals surface area (Å²) < 4.78 is 16.5. The molecule has 1 saturated heterocycles. The van der Waals surface area contributed by atoms with Crippen molar-refractivity contribution in [3.63, 3.8) is 0 Å². The molecule has 2 aromatic carbocycles. The van der Waals surface area contributed by atoms with Crippen molar-refractivity contribution in [2.75, 3.05) is 12.1 Å². The van der Waals surface area contributed by atoms with Gasteiger partial charge in [0, 0.05) is 17.7 Å². The number of carbonyl (C=O) groups is 3. The Labute approximate surface area is 184 Å². The summed E-state index contributed by atoms with van der Waals surface area (Å²) in [6.45, 7) is 0.550. The zero-order valence-corrected chi connectivity index (χ0v) is 17.3.